The summed E-state index contributed by atoms with van der Waals surface area (Å²) >= 11 is 0. The van der Waals surface area contributed by atoms with Gasteiger partial charge < -0.3 is 10.5 Å². The first-order valence-corrected chi connectivity index (χ1v) is 4.45. The topological polar surface area (TPSA) is 35.2 Å². The molecule has 0 aromatic heterocycles. The van der Waals surface area contributed by atoms with Crippen LogP contribution in [0.1, 0.15) is 17.2 Å². The highest BCUT2D eigenvalue weighted by Gasteiger charge is 2.17. The normalized spacial score (nSPS) is 16.1. The molecule has 0 radical (unpaired) electrons. The summed E-state index contributed by atoms with van der Waals surface area (Å²) in [6.07, 6.45) is 2.72. The molecule has 0 bridgehead atoms. The molecule has 1 heterocycles. The van der Waals surface area contributed by atoms with Crippen LogP contribution in [-0.2, 0) is 6.42 Å². The predicted octanol–water partition coefficient (Wildman–Crippen LogP) is 1.81. The minimum absolute atomic E-state index is 0.0725. The molecule has 0 unspecified atom stereocenters. The van der Waals surface area contributed by atoms with Gasteiger partial charge in [0.15, 0.2) is 0 Å². The summed E-state index contributed by atoms with van der Waals surface area (Å²) in [4.78, 5) is 0. The van der Waals surface area contributed by atoms with Crippen LogP contribution in [0.25, 0.3) is 0 Å². The van der Waals surface area contributed by atoms with Crippen molar-refractivity contribution in [3.63, 3.8) is 0 Å². The first-order valence-electron chi connectivity index (χ1n) is 4.45. The molecule has 1 aromatic rings. The van der Waals surface area contributed by atoms with Crippen LogP contribution in [0.2, 0.25) is 0 Å². The van der Waals surface area contributed by atoms with E-state index in [0.717, 1.165) is 24.3 Å². The molecular formula is C11H13NO. The maximum absolute atomic E-state index is 5.89. The highest BCUT2D eigenvalue weighted by molar-refractivity contribution is 5.45. The SMILES string of the molecule is C=C[C@H](N)c1cccc2c1CCO2. The van der Waals surface area contributed by atoms with Gasteiger partial charge in [-0.25, -0.2) is 0 Å². The van der Waals surface area contributed by atoms with Gasteiger partial charge in [0.05, 0.1) is 6.61 Å². The van der Waals surface area contributed by atoms with E-state index in [0.29, 0.717) is 0 Å². The maximum atomic E-state index is 5.89. The fourth-order valence-electron chi connectivity index (χ4n) is 1.69. The summed E-state index contributed by atoms with van der Waals surface area (Å²) in [5.41, 5.74) is 8.28. The van der Waals surface area contributed by atoms with Gasteiger partial charge in [0.25, 0.3) is 0 Å². The summed E-state index contributed by atoms with van der Waals surface area (Å²) in [7, 11) is 0. The molecule has 0 aliphatic carbocycles. The summed E-state index contributed by atoms with van der Waals surface area (Å²) in [6.45, 7) is 4.47. The average molecular weight is 175 g/mol. The molecule has 0 amide bonds. The number of rotatable bonds is 2. The molecule has 0 saturated carbocycles. The Morgan fingerprint density at radius 1 is 1.54 bits per heavy atom. The third-order valence-electron chi connectivity index (χ3n) is 2.39. The van der Waals surface area contributed by atoms with E-state index in [1.807, 2.05) is 18.2 Å². The highest BCUT2D eigenvalue weighted by Crippen LogP contribution is 2.30. The Kier molecular flexibility index (Phi) is 2.07. The molecule has 1 atom stereocenters. The van der Waals surface area contributed by atoms with Gasteiger partial charge in [0, 0.05) is 18.0 Å². The lowest BCUT2D eigenvalue weighted by molar-refractivity contribution is 0.357. The van der Waals surface area contributed by atoms with Gasteiger partial charge in [0.1, 0.15) is 5.75 Å². The summed E-state index contributed by atoms with van der Waals surface area (Å²) in [5, 5.41) is 0. The van der Waals surface area contributed by atoms with E-state index in [1.54, 1.807) is 6.08 Å². The number of benzene rings is 1. The molecule has 2 heteroatoms. The lowest BCUT2D eigenvalue weighted by atomic mass is 9.99. The minimum atomic E-state index is -0.0725. The van der Waals surface area contributed by atoms with Crippen molar-refractivity contribution in [3.05, 3.63) is 42.0 Å². The van der Waals surface area contributed by atoms with Crippen LogP contribution < -0.4 is 10.5 Å². The molecule has 1 aliphatic rings. The van der Waals surface area contributed by atoms with E-state index in [2.05, 4.69) is 6.58 Å². The van der Waals surface area contributed by atoms with Crippen LogP contribution in [0, 0.1) is 0 Å². The van der Waals surface area contributed by atoms with Crippen LogP contribution in [-0.4, -0.2) is 6.61 Å². The van der Waals surface area contributed by atoms with Crippen molar-refractivity contribution in [1.82, 2.24) is 0 Å². The summed E-state index contributed by atoms with van der Waals surface area (Å²) < 4.78 is 5.44. The smallest absolute Gasteiger partial charge is 0.122 e. The van der Waals surface area contributed by atoms with Gasteiger partial charge in [-0.15, -0.1) is 6.58 Å². The van der Waals surface area contributed by atoms with E-state index >= 15 is 0 Å². The Balaban J connectivity index is 2.46. The zero-order valence-electron chi connectivity index (χ0n) is 7.49. The van der Waals surface area contributed by atoms with Gasteiger partial charge in [0.2, 0.25) is 0 Å². The van der Waals surface area contributed by atoms with Gasteiger partial charge >= 0.3 is 0 Å². The molecular weight excluding hydrogens is 162 g/mol. The highest BCUT2D eigenvalue weighted by atomic mass is 16.5. The van der Waals surface area contributed by atoms with Crippen molar-refractivity contribution in [2.24, 2.45) is 5.73 Å². The molecule has 0 spiro atoms. The second-order valence-electron chi connectivity index (χ2n) is 3.18. The molecule has 0 saturated heterocycles. The largest absolute Gasteiger partial charge is 0.493 e. The second-order valence-corrected chi connectivity index (χ2v) is 3.18. The van der Waals surface area contributed by atoms with E-state index in [9.17, 15) is 0 Å². The van der Waals surface area contributed by atoms with E-state index in [1.165, 1.54) is 5.56 Å². The van der Waals surface area contributed by atoms with Crippen molar-refractivity contribution in [1.29, 1.82) is 0 Å². The minimum Gasteiger partial charge on any atom is -0.493 e. The zero-order chi connectivity index (χ0) is 9.26. The third kappa shape index (κ3) is 1.33. The van der Waals surface area contributed by atoms with Gasteiger partial charge in [-0.2, -0.15) is 0 Å². The van der Waals surface area contributed by atoms with E-state index in [4.69, 9.17) is 10.5 Å². The molecule has 1 aliphatic heterocycles. The molecule has 68 valence electrons. The number of hydrogen-bond donors (Lipinski definition) is 1. The fourth-order valence-corrected chi connectivity index (χ4v) is 1.69. The number of hydrogen-bond acceptors (Lipinski definition) is 2. The van der Waals surface area contributed by atoms with Crippen LogP contribution in [0.15, 0.2) is 30.9 Å². The van der Waals surface area contributed by atoms with Crippen LogP contribution in [0.4, 0.5) is 0 Å². The molecule has 0 fully saturated rings. The van der Waals surface area contributed by atoms with Crippen LogP contribution in [0.3, 0.4) is 0 Å². The van der Waals surface area contributed by atoms with Crippen molar-refractivity contribution in [3.8, 4) is 5.75 Å². The van der Waals surface area contributed by atoms with E-state index in [-0.39, 0.29) is 6.04 Å². The second kappa shape index (κ2) is 3.23. The third-order valence-corrected chi connectivity index (χ3v) is 2.39. The Bertz CT molecular complexity index is 333. The van der Waals surface area contributed by atoms with Crippen molar-refractivity contribution in [2.75, 3.05) is 6.61 Å². The summed E-state index contributed by atoms with van der Waals surface area (Å²) in [6, 6.07) is 5.93. The number of ether oxygens (including phenoxy) is 1. The predicted molar refractivity (Wildman–Crippen MR) is 52.8 cm³/mol. The lowest BCUT2D eigenvalue weighted by Crippen LogP contribution is -2.08. The van der Waals surface area contributed by atoms with Crippen molar-refractivity contribution < 1.29 is 4.74 Å². The van der Waals surface area contributed by atoms with Crippen molar-refractivity contribution in [2.45, 2.75) is 12.5 Å². The monoisotopic (exact) mass is 175 g/mol. The number of fused-ring (bicyclic) bond motifs is 1. The van der Waals surface area contributed by atoms with Crippen molar-refractivity contribution >= 4 is 0 Å². The Morgan fingerprint density at radius 3 is 3.15 bits per heavy atom. The Hall–Kier alpha value is -1.28. The van der Waals surface area contributed by atoms with Gasteiger partial charge in [-0.3, -0.25) is 0 Å². The molecule has 1 aromatic carbocycles. The molecule has 2 N–H and O–H groups in total. The Morgan fingerprint density at radius 2 is 2.38 bits per heavy atom. The lowest BCUT2D eigenvalue weighted by Gasteiger charge is -2.10. The Labute approximate surface area is 78.0 Å². The van der Waals surface area contributed by atoms with Gasteiger partial charge in [-0.05, 0) is 11.6 Å². The van der Waals surface area contributed by atoms with Crippen LogP contribution in [0.5, 0.6) is 5.75 Å². The first-order chi connectivity index (χ1) is 6.33. The average Bonchev–Trinajstić information content (AvgIpc) is 2.63. The standard InChI is InChI=1S/C11H13NO/c1-2-10(12)8-4-3-5-11-9(8)6-7-13-11/h2-5,10H,1,6-7,12H2/t10-/m0/s1. The zero-order valence-corrected chi connectivity index (χ0v) is 7.49. The molecule has 13 heavy (non-hydrogen) atoms. The first kappa shape index (κ1) is 8.32. The van der Waals surface area contributed by atoms with Crippen LogP contribution >= 0.6 is 0 Å². The molecule has 2 rings (SSSR count). The maximum Gasteiger partial charge on any atom is 0.122 e. The number of nitrogens with two attached hydrogens (primary N) is 1. The fraction of sp³-hybridized carbons (Fsp3) is 0.273. The summed E-state index contributed by atoms with van der Waals surface area (Å²) in [5.74, 6) is 0.981. The quantitative estimate of drug-likeness (QED) is 0.696. The molecule has 2 nitrogen and oxygen atoms in total. The van der Waals surface area contributed by atoms with E-state index < -0.39 is 0 Å². The van der Waals surface area contributed by atoms with Gasteiger partial charge in [-0.1, -0.05) is 18.2 Å².